The van der Waals surface area contributed by atoms with Crippen molar-refractivity contribution in [3.8, 4) is 11.5 Å². The smallest absolute Gasteiger partial charge is 0.325 e. The molecule has 9 N–H and O–H groups in total. The number of phenols is 2. The first kappa shape index (κ1) is 15.2. The van der Waals surface area contributed by atoms with Gasteiger partial charge >= 0.3 is 5.97 Å². The molecule has 0 amide bonds. The van der Waals surface area contributed by atoms with Gasteiger partial charge in [-0.15, -0.1) is 0 Å². The molecule has 0 bridgehead atoms. The molecule has 1 rings (SSSR count). The lowest BCUT2D eigenvalue weighted by Crippen LogP contribution is -2.54. The second-order valence-corrected chi connectivity index (χ2v) is 3.78. The maximum Gasteiger partial charge on any atom is 0.325 e. The van der Waals surface area contributed by atoms with E-state index < -0.39 is 11.5 Å². The molecule has 7 heteroatoms. The number of rotatable bonds is 4. The van der Waals surface area contributed by atoms with Crippen LogP contribution in [0.5, 0.6) is 11.5 Å². The van der Waals surface area contributed by atoms with Crippen LogP contribution in [0.15, 0.2) is 18.2 Å². The van der Waals surface area contributed by atoms with E-state index in [-0.39, 0.29) is 24.1 Å². The van der Waals surface area contributed by atoms with Crippen LogP contribution in [-0.4, -0.2) is 26.8 Å². The summed E-state index contributed by atoms with van der Waals surface area (Å²) < 4.78 is 0. The van der Waals surface area contributed by atoms with Crippen molar-refractivity contribution >= 4 is 5.97 Å². The van der Waals surface area contributed by atoms with Gasteiger partial charge in [0, 0.05) is 6.42 Å². The van der Waals surface area contributed by atoms with Crippen LogP contribution in [-0.2, 0) is 11.2 Å². The number of hydrazine groups is 1. The molecule has 0 saturated carbocycles. The van der Waals surface area contributed by atoms with Gasteiger partial charge in [0.25, 0.3) is 0 Å². The fourth-order valence-electron chi connectivity index (χ4n) is 1.28. The Bertz CT molecular complexity index is 411. The van der Waals surface area contributed by atoms with Gasteiger partial charge in [-0.25, -0.2) is 5.43 Å². The molecular formula is C10H17N3O4. The number of carbonyl (C=O) groups is 1. The van der Waals surface area contributed by atoms with Crippen LogP contribution in [0.4, 0.5) is 0 Å². The number of phenolic OH excluding ortho intramolecular Hbond substituents is 2. The van der Waals surface area contributed by atoms with Crippen LogP contribution in [0.2, 0.25) is 0 Å². The summed E-state index contributed by atoms with van der Waals surface area (Å²) in [6.45, 7) is 1.43. The summed E-state index contributed by atoms with van der Waals surface area (Å²) in [6, 6.07) is 4.12. The zero-order valence-electron chi connectivity index (χ0n) is 9.47. The van der Waals surface area contributed by atoms with Crippen molar-refractivity contribution in [2.45, 2.75) is 18.9 Å². The summed E-state index contributed by atoms with van der Waals surface area (Å²) in [5.41, 5.74) is 1.45. The highest BCUT2D eigenvalue weighted by molar-refractivity contribution is 5.78. The minimum atomic E-state index is -1.32. The number of nitrogens with two attached hydrogens (primary N) is 1. The van der Waals surface area contributed by atoms with Crippen LogP contribution in [0.1, 0.15) is 12.5 Å². The fraction of sp³-hybridized carbons (Fsp3) is 0.300. The number of hydrogen-bond donors (Lipinski definition) is 6. The Labute approximate surface area is 98.4 Å². The van der Waals surface area contributed by atoms with Gasteiger partial charge < -0.3 is 21.5 Å². The topological polar surface area (TPSA) is 151 Å². The lowest BCUT2D eigenvalue weighted by molar-refractivity contribution is -0.144. The quantitative estimate of drug-likeness (QED) is 0.249. The molecule has 0 aliphatic carbocycles. The summed E-state index contributed by atoms with van der Waals surface area (Å²) in [4.78, 5) is 11.0. The number of aliphatic carboxylic acids is 1. The molecule has 0 aromatic heterocycles. The molecule has 96 valence electrons. The molecule has 7 nitrogen and oxygen atoms in total. The third-order valence-electron chi connectivity index (χ3n) is 2.39. The fourth-order valence-corrected chi connectivity index (χ4v) is 1.28. The maximum atomic E-state index is 11.0. The molecule has 0 aliphatic rings. The van der Waals surface area contributed by atoms with Gasteiger partial charge in [0.1, 0.15) is 5.54 Å². The highest BCUT2D eigenvalue weighted by atomic mass is 16.4. The second-order valence-electron chi connectivity index (χ2n) is 3.78. The SMILES string of the molecule is C[C@@](Cc1ccc(O)c(O)c1)(NN)C(=O)O.N. The zero-order valence-corrected chi connectivity index (χ0v) is 9.47. The van der Waals surface area contributed by atoms with E-state index in [1.165, 1.54) is 25.1 Å². The van der Waals surface area contributed by atoms with Gasteiger partial charge in [-0.05, 0) is 24.6 Å². The Hall–Kier alpha value is -1.83. The summed E-state index contributed by atoms with van der Waals surface area (Å²) >= 11 is 0. The van der Waals surface area contributed by atoms with Crippen LogP contribution in [0, 0.1) is 0 Å². The molecule has 1 aromatic rings. The summed E-state index contributed by atoms with van der Waals surface area (Å²) in [5.74, 6) is 3.55. The molecule has 0 heterocycles. The normalized spacial score (nSPS) is 13.5. The van der Waals surface area contributed by atoms with Crippen molar-refractivity contribution in [1.82, 2.24) is 11.6 Å². The zero-order chi connectivity index (χ0) is 12.3. The second kappa shape index (κ2) is 5.48. The standard InChI is InChI=1S/C10H14N2O4.H3N/c1-10(12-11,9(15)16)5-6-2-3-7(13)8(14)4-6;/h2-4,12-14H,5,11H2,1H3,(H,15,16);1H3/t10-;/m0./s1. The highest BCUT2D eigenvalue weighted by Crippen LogP contribution is 2.26. The van der Waals surface area contributed by atoms with Gasteiger partial charge in [-0.2, -0.15) is 0 Å². The van der Waals surface area contributed by atoms with Crippen LogP contribution in [0.25, 0.3) is 0 Å². The Kier molecular flexibility index (Phi) is 4.89. The van der Waals surface area contributed by atoms with E-state index in [4.69, 9.17) is 16.1 Å². The first-order valence-corrected chi connectivity index (χ1v) is 4.61. The summed E-state index contributed by atoms with van der Waals surface area (Å²) in [7, 11) is 0. The Morgan fingerprint density at radius 3 is 2.41 bits per heavy atom. The third-order valence-corrected chi connectivity index (χ3v) is 2.39. The molecule has 0 spiro atoms. The third kappa shape index (κ3) is 3.31. The molecule has 1 atom stereocenters. The number of hydrogen-bond acceptors (Lipinski definition) is 6. The Morgan fingerprint density at radius 2 is 2.00 bits per heavy atom. The average molecular weight is 243 g/mol. The number of carboxylic acids is 1. The molecule has 0 saturated heterocycles. The summed E-state index contributed by atoms with van der Waals surface area (Å²) in [6.07, 6.45) is 0.0900. The number of nitrogens with one attached hydrogen (secondary N) is 1. The first-order chi connectivity index (χ1) is 7.39. The lowest BCUT2D eigenvalue weighted by atomic mass is 9.93. The largest absolute Gasteiger partial charge is 0.504 e. The van der Waals surface area contributed by atoms with E-state index in [2.05, 4.69) is 5.43 Å². The summed E-state index contributed by atoms with van der Waals surface area (Å²) in [5, 5.41) is 27.3. The van der Waals surface area contributed by atoms with Crippen molar-refractivity contribution in [1.29, 1.82) is 0 Å². The number of benzene rings is 1. The van der Waals surface area contributed by atoms with Gasteiger partial charge in [0.15, 0.2) is 11.5 Å². The van der Waals surface area contributed by atoms with E-state index in [9.17, 15) is 9.90 Å². The van der Waals surface area contributed by atoms with Crippen molar-refractivity contribution < 1.29 is 20.1 Å². The van der Waals surface area contributed by atoms with Crippen LogP contribution >= 0.6 is 0 Å². The number of carboxylic acid groups (broad SMARTS) is 1. The highest BCUT2D eigenvalue weighted by Gasteiger charge is 2.32. The van der Waals surface area contributed by atoms with E-state index in [1.54, 1.807) is 0 Å². The number of aromatic hydroxyl groups is 2. The molecule has 17 heavy (non-hydrogen) atoms. The van der Waals surface area contributed by atoms with Gasteiger partial charge in [0.05, 0.1) is 0 Å². The van der Waals surface area contributed by atoms with Crippen molar-refractivity contribution in [2.75, 3.05) is 0 Å². The van der Waals surface area contributed by atoms with E-state index in [1.807, 2.05) is 0 Å². The van der Waals surface area contributed by atoms with Crippen molar-refractivity contribution in [3.05, 3.63) is 23.8 Å². The average Bonchev–Trinajstić information content (AvgIpc) is 2.23. The van der Waals surface area contributed by atoms with Crippen molar-refractivity contribution in [3.63, 3.8) is 0 Å². The molecule has 0 fully saturated rings. The minimum Gasteiger partial charge on any atom is -0.504 e. The molecule has 0 radical (unpaired) electrons. The van der Waals surface area contributed by atoms with Crippen LogP contribution in [0.3, 0.4) is 0 Å². The Balaban J connectivity index is 0.00000256. The molecule has 0 unspecified atom stereocenters. The van der Waals surface area contributed by atoms with Gasteiger partial charge in [0.2, 0.25) is 0 Å². The first-order valence-electron chi connectivity index (χ1n) is 4.61. The Morgan fingerprint density at radius 1 is 1.41 bits per heavy atom. The molecule has 0 aliphatic heterocycles. The van der Waals surface area contributed by atoms with Crippen molar-refractivity contribution in [2.24, 2.45) is 5.84 Å². The van der Waals surface area contributed by atoms with Gasteiger partial charge in [-0.1, -0.05) is 6.07 Å². The molecular weight excluding hydrogens is 226 g/mol. The lowest BCUT2D eigenvalue weighted by Gasteiger charge is -2.23. The molecule has 1 aromatic carbocycles. The minimum absolute atomic E-state index is 0. The maximum absolute atomic E-state index is 11.0. The predicted molar refractivity (Wildman–Crippen MR) is 61.9 cm³/mol. The van der Waals surface area contributed by atoms with E-state index >= 15 is 0 Å². The monoisotopic (exact) mass is 243 g/mol. The van der Waals surface area contributed by atoms with Gasteiger partial charge in [-0.3, -0.25) is 10.6 Å². The van der Waals surface area contributed by atoms with E-state index in [0.717, 1.165) is 0 Å². The van der Waals surface area contributed by atoms with E-state index in [0.29, 0.717) is 5.56 Å². The van der Waals surface area contributed by atoms with Crippen LogP contribution < -0.4 is 17.4 Å². The predicted octanol–water partition coefficient (Wildman–Crippen LogP) is 0.109.